The maximum Gasteiger partial charge on any atom is 0.163 e. The van der Waals surface area contributed by atoms with Crippen LogP contribution in [0.15, 0.2) is 91.4 Å². The number of pyridine rings is 1. The molecule has 12 heteroatoms. The predicted octanol–water partition coefficient (Wildman–Crippen LogP) is 9.14. The number of nitrogens with two attached hydrogens (primary N) is 1. The van der Waals surface area contributed by atoms with E-state index in [1.807, 2.05) is 67.0 Å². The van der Waals surface area contributed by atoms with Crippen LogP contribution < -0.4 is 30.0 Å². The van der Waals surface area contributed by atoms with Crippen molar-refractivity contribution < 1.29 is 18.9 Å². The summed E-state index contributed by atoms with van der Waals surface area (Å²) < 4.78 is 22.5. The lowest BCUT2D eigenvalue weighted by Gasteiger charge is -2.16. The van der Waals surface area contributed by atoms with Gasteiger partial charge in [-0.25, -0.2) is 4.98 Å². The van der Waals surface area contributed by atoms with E-state index in [4.69, 9.17) is 36.3 Å². The molecule has 0 aliphatic carbocycles. The van der Waals surface area contributed by atoms with Crippen molar-refractivity contribution in [1.29, 1.82) is 0 Å². The molecule has 5 heterocycles. The molecule has 6 aromatic rings. The van der Waals surface area contributed by atoms with Gasteiger partial charge in [-0.05, 0) is 119 Å². The van der Waals surface area contributed by atoms with Gasteiger partial charge in [0.15, 0.2) is 23.0 Å². The summed E-state index contributed by atoms with van der Waals surface area (Å²) in [6, 6.07) is 23.5. The summed E-state index contributed by atoms with van der Waals surface area (Å²) in [5.74, 6) is 3.02. The zero-order chi connectivity index (χ0) is 38.2. The van der Waals surface area contributed by atoms with Crippen LogP contribution in [-0.2, 0) is 0 Å². The molecule has 0 amide bonds. The molecule has 2 saturated heterocycles. The molecule has 0 saturated carbocycles. The number of aromatic amines is 2. The first-order valence-corrected chi connectivity index (χ1v) is 19.6. The average Bonchev–Trinajstić information content (AvgIpc) is 4.05. The van der Waals surface area contributed by atoms with E-state index in [0.29, 0.717) is 24.1 Å². The van der Waals surface area contributed by atoms with Gasteiger partial charge in [0.05, 0.1) is 33.0 Å². The van der Waals surface area contributed by atoms with Crippen molar-refractivity contribution in [3.05, 3.63) is 96.5 Å². The van der Waals surface area contributed by atoms with E-state index < -0.39 is 0 Å². The highest BCUT2D eigenvalue weighted by atomic mass is 35.5. The molecule has 0 bridgehead atoms. The van der Waals surface area contributed by atoms with Crippen LogP contribution in [-0.4, -0.2) is 91.5 Å². The van der Waals surface area contributed by atoms with Gasteiger partial charge in [-0.15, -0.1) is 0 Å². The minimum Gasteiger partial charge on any atom is -0.493 e. The highest BCUT2D eigenvalue weighted by Gasteiger charge is 2.13. The number of H-pyrrole nitrogens is 2. The third-order valence-corrected chi connectivity index (χ3v) is 10.1. The van der Waals surface area contributed by atoms with E-state index in [9.17, 15) is 0 Å². The standard InChI is InChI=1S/C22H27N3O2.C14H22N2O2.C7H5ClN2/c1-26-21-9-8-17(24-20-7-4-6-19-18(20)10-11-23-19)16-22(21)27-15-5-14-25-12-2-3-13-25;1-17-13-6-5-12(15)11-14(13)18-10-4-9-16-7-2-3-8-16;8-7-5-1-3-9-6(5)2-4-10-7/h4,6-11,16,23-24H,2-3,5,12-15H2,1H3;5-6,11H,2-4,7-10,15H2,1H3;1-4,9H. The van der Waals surface area contributed by atoms with Crippen molar-refractivity contribution in [3.63, 3.8) is 0 Å². The second-order valence-corrected chi connectivity index (χ2v) is 14.0. The van der Waals surface area contributed by atoms with Gasteiger partial charge >= 0.3 is 0 Å². The normalized spacial score (nSPS) is 14.2. The molecule has 11 nitrogen and oxygen atoms in total. The molecule has 55 heavy (non-hydrogen) atoms. The fourth-order valence-electron chi connectivity index (χ4n) is 6.92. The molecular weight excluding hydrogens is 714 g/mol. The molecule has 0 unspecified atom stereocenters. The van der Waals surface area contributed by atoms with Crippen LogP contribution in [0.2, 0.25) is 5.15 Å². The lowest BCUT2D eigenvalue weighted by atomic mass is 10.2. The zero-order valence-electron chi connectivity index (χ0n) is 32.0. The third kappa shape index (κ3) is 11.5. The van der Waals surface area contributed by atoms with Crippen molar-refractivity contribution in [2.45, 2.75) is 38.5 Å². The maximum atomic E-state index is 6.04. The smallest absolute Gasteiger partial charge is 0.163 e. The fourth-order valence-corrected chi connectivity index (χ4v) is 7.14. The number of benzene rings is 3. The van der Waals surface area contributed by atoms with Crippen molar-refractivity contribution >= 4 is 50.5 Å². The molecule has 8 rings (SSSR count). The van der Waals surface area contributed by atoms with Gasteiger partial charge in [-0.3, -0.25) is 0 Å². The number of methoxy groups -OCH3 is 2. The summed E-state index contributed by atoms with van der Waals surface area (Å²) in [5, 5.41) is 6.19. The number of nitrogens with one attached hydrogen (secondary N) is 3. The molecular formula is C43H54ClN7O4. The number of halogens is 1. The minimum absolute atomic E-state index is 0.554. The summed E-state index contributed by atoms with van der Waals surface area (Å²) in [7, 11) is 3.32. The number of aromatic nitrogens is 3. The summed E-state index contributed by atoms with van der Waals surface area (Å²) in [6.07, 6.45) is 12.9. The number of anilines is 3. The van der Waals surface area contributed by atoms with Crippen molar-refractivity contribution in [2.24, 2.45) is 0 Å². The first-order chi connectivity index (χ1) is 27.0. The van der Waals surface area contributed by atoms with Crippen LogP contribution in [0.1, 0.15) is 38.5 Å². The van der Waals surface area contributed by atoms with Crippen molar-refractivity contribution in [3.8, 4) is 23.0 Å². The van der Waals surface area contributed by atoms with Crippen LogP contribution in [0.25, 0.3) is 21.8 Å². The first kappa shape index (κ1) is 39.6. The topological polar surface area (TPSA) is 126 Å². The summed E-state index contributed by atoms with van der Waals surface area (Å²) in [4.78, 5) is 15.2. The Kier molecular flexibility index (Phi) is 14.8. The quantitative estimate of drug-likeness (QED) is 0.0488. The minimum atomic E-state index is 0.554. The van der Waals surface area contributed by atoms with E-state index >= 15 is 0 Å². The summed E-state index contributed by atoms with van der Waals surface area (Å²) in [5.41, 5.74) is 10.6. The van der Waals surface area contributed by atoms with Gasteiger partial charge in [0.1, 0.15) is 5.15 Å². The number of likely N-dealkylation sites (tertiary alicyclic amines) is 2. The molecule has 292 valence electrons. The number of rotatable bonds is 14. The summed E-state index contributed by atoms with van der Waals surface area (Å²) in [6.45, 7) is 8.56. The molecule has 0 spiro atoms. The number of hydrogen-bond donors (Lipinski definition) is 4. The van der Waals surface area contributed by atoms with Gasteiger partial charge in [-0.2, -0.15) is 0 Å². The molecule has 0 radical (unpaired) electrons. The fraction of sp³-hybridized carbons (Fsp3) is 0.372. The van der Waals surface area contributed by atoms with E-state index in [2.05, 4.69) is 48.3 Å². The molecule has 3 aromatic carbocycles. The van der Waals surface area contributed by atoms with Crippen LogP contribution in [0.3, 0.4) is 0 Å². The Morgan fingerprint density at radius 1 is 0.691 bits per heavy atom. The number of fused-ring (bicyclic) bond motifs is 2. The molecule has 3 aromatic heterocycles. The Morgan fingerprint density at radius 2 is 1.27 bits per heavy atom. The second-order valence-electron chi connectivity index (χ2n) is 13.7. The first-order valence-electron chi connectivity index (χ1n) is 19.2. The van der Waals surface area contributed by atoms with E-state index in [0.717, 1.165) is 76.7 Å². The Bertz CT molecular complexity index is 2060. The van der Waals surface area contributed by atoms with Crippen LogP contribution in [0, 0.1) is 0 Å². The second kappa shape index (κ2) is 20.5. The predicted molar refractivity (Wildman–Crippen MR) is 225 cm³/mol. The Morgan fingerprint density at radius 3 is 1.89 bits per heavy atom. The van der Waals surface area contributed by atoms with Crippen LogP contribution in [0.4, 0.5) is 17.1 Å². The highest BCUT2D eigenvalue weighted by molar-refractivity contribution is 6.34. The van der Waals surface area contributed by atoms with Crippen LogP contribution >= 0.6 is 11.6 Å². The lowest BCUT2D eigenvalue weighted by Crippen LogP contribution is -2.21. The van der Waals surface area contributed by atoms with Gasteiger partial charge in [-0.1, -0.05) is 17.7 Å². The Labute approximate surface area is 329 Å². The van der Waals surface area contributed by atoms with Gasteiger partial charge in [0.2, 0.25) is 0 Å². The number of nitrogens with zero attached hydrogens (tertiary/aromatic N) is 3. The number of hydrogen-bond acceptors (Lipinski definition) is 9. The number of ether oxygens (including phenoxy) is 4. The highest BCUT2D eigenvalue weighted by Crippen LogP contribution is 2.33. The lowest BCUT2D eigenvalue weighted by molar-refractivity contribution is 0.254. The SMILES string of the molecule is COc1ccc(N)cc1OCCCN1CCCC1.COc1ccc(Nc2cccc3[nH]ccc23)cc1OCCCN1CCCC1.Clc1nccc2[nH]ccc12. The molecule has 2 fully saturated rings. The molecule has 5 N–H and O–H groups in total. The molecule has 2 aliphatic heterocycles. The van der Waals surface area contributed by atoms with E-state index in [-0.39, 0.29) is 0 Å². The van der Waals surface area contributed by atoms with Gasteiger partial charge in [0, 0.05) is 77.2 Å². The molecule has 2 aliphatic rings. The zero-order valence-corrected chi connectivity index (χ0v) is 32.7. The van der Waals surface area contributed by atoms with E-state index in [1.165, 1.54) is 57.2 Å². The van der Waals surface area contributed by atoms with Gasteiger partial charge in [0.25, 0.3) is 0 Å². The van der Waals surface area contributed by atoms with Gasteiger partial charge < -0.3 is 49.8 Å². The summed E-state index contributed by atoms with van der Waals surface area (Å²) >= 11 is 5.77. The number of nitrogen functional groups attached to an aromatic ring is 1. The maximum absolute atomic E-state index is 6.04. The van der Waals surface area contributed by atoms with Crippen molar-refractivity contribution in [2.75, 3.05) is 77.8 Å². The van der Waals surface area contributed by atoms with Crippen molar-refractivity contribution in [1.82, 2.24) is 24.8 Å². The third-order valence-electron chi connectivity index (χ3n) is 9.81. The Hall–Kier alpha value is -5.10. The Balaban J connectivity index is 0.000000157. The molecule has 0 atom stereocenters. The largest absolute Gasteiger partial charge is 0.493 e. The van der Waals surface area contributed by atoms with E-state index in [1.54, 1.807) is 20.4 Å². The average molecular weight is 768 g/mol. The van der Waals surface area contributed by atoms with Crippen LogP contribution in [0.5, 0.6) is 23.0 Å². The monoisotopic (exact) mass is 767 g/mol.